The van der Waals surface area contributed by atoms with E-state index in [9.17, 15) is 9.59 Å². The molecular weight excluding hydrogens is 340 g/mol. The first-order valence-corrected chi connectivity index (χ1v) is 10.0. The number of piperidine rings is 1. The maximum Gasteiger partial charge on any atom is 0.234 e. The Hall–Kier alpha value is -1.72. The number of carbonyl (C=O) groups is 2. The summed E-state index contributed by atoms with van der Waals surface area (Å²) >= 11 is 0. The zero-order chi connectivity index (χ0) is 19.8. The van der Waals surface area contributed by atoms with E-state index in [2.05, 4.69) is 36.2 Å². The number of rotatable bonds is 9. The fraction of sp³-hybridized carbons (Fsp3) is 0.636. The Kier molecular flexibility index (Phi) is 8.45. The molecule has 1 aliphatic rings. The summed E-state index contributed by atoms with van der Waals surface area (Å²) in [5, 5.41) is 2.93. The molecule has 5 heteroatoms. The maximum atomic E-state index is 12.8. The number of benzene rings is 1. The predicted octanol–water partition coefficient (Wildman–Crippen LogP) is 2.93. The van der Waals surface area contributed by atoms with Crippen molar-refractivity contribution in [2.75, 3.05) is 33.4 Å². The number of likely N-dealkylation sites (tertiary alicyclic amines) is 1. The van der Waals surface area contributed by atoms with Crippen LogP contribution in [0.15, 0.2) is 24.3 Å². The summed E-state index contributed by atoms with van der Waals surface area (Å²) in [7, 11) is 1.63. The van der Waals surface area contributed by atoms with Crippen LogP contribution in [0, 0.1) is 11.8 Å². The molecular formula is C22H34N2O3. The predicted molar refractivity (Wildman–Crippen MR) is 108 cm³/mol. The normalized spacial score (nSPS) is 17.1. The second kappa shape index (κ2) is 10.6. The number of carbonyl (C=O) groups excluding carboxylic acids is 2. The van der Waals surface area contributed by atoms with Crippen LogP contribution >= 0.6 is 0 Å². The molecule has 1 heterocycles. The van der Waals surface area contributed by atoms with E-state index in [0.717, 1.165) is 37.9 Å². The lowest BCUT2D eigenvalue weighted by Gasteiger charge is -2.31. The summed E-state index contributed by atoms with van der Waals surface area (Å²) < 4.78 is 5.04. The third-order valence-electron chi connectivity index (χ3n) is 5.03. The Morgan fingerprint density at radius 3 is 2.33 bits per heavy atom. The summed E-state index contributed by atoms with van der Waals surface area (Å²) in [5.41, 5.74) is 2.09. The maximum absolute atomic E-state index is 12.8. The number of nitrogens with one attached hydrogen (secondary N) is 1. The first-order chi connectivity index (χ1) is 12.9. The van der Waals surface area contributed by atoms with Gasteiger partial charge in [-0.15, -0.1) is 0 Å². The van der Waals surface area contributed by atoms with Crippen molar-refractivity contribution in [3.8, 4) is 0 Å². The molecule has 0 bridgehead atoms. The number of hydrogen-bond acceptors (Lipinski definition) is 4. The Bertz CT molecular complexity index is 604. The van der Waals surface area contributed by atoms with Crippen molar-refractivity contribution >= 4 is 11.7 Å². The van der Waals surface area contributed by atoms with Crippen molar-refractivity contribution in [2.24, 2.45) is 11.8 Å². The van der Waals surface area contributed by atoms with Crippen LogP contribution in [0.5, 0.6) is 0 Å². The zero-order valence-corrected chi connectivity index (χ0v) is 17.2. The topological polar surface area (TPSA) is 58.6 Å². The average molecular weight is 375 g/mol. The van der Waals surface area contributed by atoms with Crippen LogP contribution < -0.4 is 5.32 Å². The first kappa shape index (κ1) is 21.6. The van der Waals surface area contributed by atoms with Gasteiger partial charge < -0.3 is 10.1 Å². The van der Waals surface area contributed by atoms with Gasteiger partial charge in [0.25, 0.3) is 0 Å². The lowest BCUT2D eigenvalue weighted by atomic mass is 9.88. The molecule has 27 heavy (non-hydrogen) atoms. The molecule has 1 fully saturated rings. The Balaban J connectivity index is 1.79. The average Bonchev–Trinajstić information content (AvgIpc) is 2.62. The summed E-state index contributed by atoms with van der Waals surface area (Å²) in [6.07, 6.45) is 2.67. The van der Waals surface area contributed by atoms with Gasteiger partial charge in [-0.25, -0.2) is 0 Å². The van der Waals surface area contributed by atoms with Crippen molar-refractivity contribution in [1.82, 2.24) is 10.2 Å². The van der Waals surface area contributed by atoms with Gasteiger partial charge in [-0.2, -0.15) is 0 Å². The van der Waals surface area contributed by atoms with E-state index < -0.39 is 0 Å². The van der Waals surface area contributed by atoms with Crippen LogP contribution in [0.25, 0.3) is 0 Å². The minimum Gasteiger partial charge on any atom is -0.383 e. The van der Waals surface area contributed by atoms with E-state index >= 15 is 0 Å². The fourth-order valence-corrected chi connectivity index (χ4v) is 3.68. The second-order valence-electron chi connectivity index (χ2n) is 8.13. The highest BCUT2D eigenvalue weighted by Gasteiger charge is 2.26. The first-order valence-electron chi connectivity index (χ1n) is 10.0. The van der Waals surface area contributed by atoms with Crippen LogP contribution in [-0.4, -0.2) is 56.0 Å². The SMILES string of the molecule is COC[C@@H](C)NC(=O)CN1CCC(C(=O)c2ccc(CC(C)C)cc2)CC1. The van der Waals surface area contributed by atoms with Gasteiger partial charge in [0.05, 0.1) is 13.2 Å². The number of ketones is 1. The molecule has 1 N–H and O–H groups in total. The third kappa shape index (κ3) is 7.07. The van der Waals surface area contributed by atoms with Gasteiger partial charge in [-0.1, -0.05) is 38.1 Å². The van der Waals surface area contributed by atoms with Crippen molar-refractivity contribution in [1.29, 1.82) is 0 Å². The molecule has 1 aromatic carbocycles. The van der Waals surface area contributed by atoms with Crippen molar-refractivity contribution in [3.63, 3.8) is 0 Å². The van der Waals surface area contributed by atoms with E-state index in [1.165, 1.54) is 5.56 Å². The third-order valence-corrected chi connectivity index (χ3v) is 5.03. The quantitative estimate of drug-likeness (QED) is 0.675. The van der Waals surface area contributed by atoms with Gasteiger partial charge in [0.1, 0.15) is 0 Å². The standard InChI is InChI=1S/C22H34N2O3/c1-16(2)13-18-5-7-19(8-6-18)22(26)20-9-11-24(12-10-20)14-21(25)23-17(3)15-27-4/h5-8,16-17,20H,9-15H2,1-4H3,(H,23,25)/t17-/m1/s1. The summed E-state index contributed by atoms with van der Waals surface area (Å²) in [6.45, 7) is 8.80. The molecule has 0 aliphatic carbocycles. The van der Waals surface area contributed by atoms with Crippen LogP contribution in [0.2, 0.25) is 0 Å². The summed E-state index contributed by atoms with van der Waals surface area (Å²) in [5.74, 6) is 0.937. The van der Waals surface area contributed by atoms with Crippen LogP contribution in [-0.2, 0) is 16.0 Å². The molecule has 5 nitrogen and oxygen atoms in total. The van der Waals surface area contributed by atoms with Gasteiger partial charge in [0.2, 0.25) is 5.91 Å². The van der Waals surface area contributed by atoms with Gasteiger partial charge in [0, 0.05) is 24.6 Å². The van der Waals surface area contributed by atoms with E-state index in [0.29, 0.717) is 19.1 Å². The van der Waals surface area contributed by atoms with Crippen LogP contribution in [0.1, 0.15) is 49.5 Å². The molecule has 1 atom stereocenters. The lowest BCUT2D eigenvalue weighted by Crippen LogP contribution is -2.45. The molecule has 1 saturated heterocycles. The Morgan fingerprint density at radius 1 is 1.15 bits per heavy atom. The number of hydrogen-bond donors (Lipinski definition) is 1. The number of amides is 1. The van der Waals surface area contributed by atoms with E-state index in [4.69, 9.17) is 4.74 Å². The molecule has 0 spiro atoms. The number of methoxy groups -OCH3 is 1. The summed E-state index contributed by atoms with van der Waals surface area (Å²) in [4.78, 5) is 27.0. The van der Waals surface area contributed by atoms with Crippen molar-refractivity contribution in [3.05, 3.63) is 35.4 Å². The van der Waals surface area contributed by atoms with Crippen molar-refractivity contribution < 1.29 is 14.3 Å². The number of ether oxygens (including phenoxy) is 1. The highest BCUT2D eigenvalue weighted by molar-refractivity contribution is 5.98. The molecule has 150 valence electrons. The summed E-state index contributed by atoms with van der Waals surface area (Å²) in [6, 6.07) is 8.11. The zero-order valence-electron chi connectivity index (χ0n) is 17.2. The molecule has 2 rings (SSSR count). The highest BCUT2D eigenvalue weighted by Crippen LogP contribution is 2.22. The van der Waals surface area contributed by atoms with E-state index in [1.54, 1.807) is 7.11 Å². The van der Waals surface area contributed by atoms with Crippen LogP contribution in [0.4, 0.5) is 0 Å². The van der Waals surface area contributed by atoms with E-state index in [1.807, 2.05) is 19.1 Å². The number of Topliss-reactive ketones (excluding diaryl/α,β-unsaturated/α-hetero) is 1. The Morgan fingerprint density at radius 2 is 1.78 bits per heavy atom. The largest absolute Gasteiger partial charge is 0.383 e. The molecule has 0 unspecified atom stereocenters. The molecule has 0 radical (unpaired) electrons. The van der Waals surface area contributed by atoms with Crippen molar-refractivity contribution in [2.45, 2.75) is 46.1 Å². The highest BCUT2D eigenvalue weighted by atomic mass is 16.5. The minimum atomic E-state index is 0.0142. The van der Waals surface area contributed by atoms with Gasteiger partial charge in [0.15, 0.2) is 5.78 Å². The molecule has 1 aliphatic heterocycles. The molecule has 1 amide bonds. The van der Waals surface area contributed by atoms with Gasteiger partial charge >= 0.3 is 0 Å². The smallest absolute Gasteiger partial charge is 0.234 e. The fourth-order valence-electron chi connectivity index (χ4n) is 3.68. The van der Waals surface area contributed by atoms with E-state index in [-0.39, 0.29) is 23.7 Å². The lowest BCUT2D eigenvalue weighted by molar-refractivity contribution is -0.123. The monoisotopic (exact) mass is 374 g/mol. The Labute approximate surface area is 163 Å². The molecule has 0 saturated carbocycles. The minimum absolute atomic E-state index is 0.0142. The number of nitrogens with zero attached hydrogens (tertiary/aromatic N) is 1. The van der Waals surface area contributed by atoms with Gasteiger partial charge in [-0.05, 0) is 50.8 Å². The molecule has 0 aromatic heterocycles. The van der Waals surface area contributed by atoms with Crippen LogP contribution in [0.3, 0.4) is 0 Å². The molecule has 1 aromatic rings. The second-order valence-corrected chi connectivity index (χ2v) is 8.13. The van der Waals surface area contributed by atoms with Gasteiger partial charge in [-0.3, -0.25) is 14.5 Å².